The van der Waals surface area contributed by atoms with E-state index < -0.39 is 24.1 Å². The van der Waals surface area contributed by atoms with Crippen molar-refractivity contribution in [3.8, 4) is 0 Å². The molecule has 182 valence electrons. The molecule has 1 atom stereocenters. The number of halogens is 2. The van der Waals surface area contributed by atoms with Crippen molar-refractivity contribution in [1.82, 2.24) is 4.90 Å². The molecule has 10 heteroatoms. The summed E-state index contributed by atoms with van der Waals surface area (Å²) in [6.07, 6.45) is -0.928. The van der Waals surface area contributed by atoms with Crippen LogP contribution in [0.2, 0.25) is 10.0 Å². The summed E-state index contributed by atoms with van der Waals surface area (Å²) in [5.41, 5.74) is 1.49. The molecular formula is C26H18Cl2N2O5S. The minimum atomic E-state index is -1.19. The predicted octanol–water partition coefficient (Wildman–Crippen LogP) is 6.85. The van der Waals surface area contributed by atoms with Gasteiger partial charge in [0.25, 0.3) is 5.91 Å². The van der Waals surface area contributed by atoms with Crippen molar-refractivity contribution in [2.45, 2.75) is 12.6 Å². The van der Waals surface area contributed by atoms with E-state index in [4.69, 9.17) is 27.9 Å². The number of fused-ring (bicyclic) bond motifs is 1. The maximum atomic E-state index is 13.0. The number of ether oxygens (including phenoxy) is 1. The van der Waals surface area contributed by atoms with E-state index in [9.17, 15) is 19.5 Å². The number of thiophene rings is 1. The lowest BCUT2D eigenvalue weighted by Gasteiger charge is -2.15. The van der Waals surface area contributed by atoms with E-state index in [0.29, 0.717) is 22.2 Å². The van der Waals surface area contributed by atoms with Crippen LogP contribution in [0.15, 0.2) is 66.7 Å². The van der Waals surface area contributed by atoms with E-state index in [-0.39, 0.29) is 22.7 Å². The van der Waals surface area contributed by atoms with Gasteiger partial charge in [-0.25, -0.2) is 9.59 Å². The summed E-state index contributed by atoms with van der Waals surface area (Å²) >= 11 is 13.6. The Morgan fingerprint density at radius 1 is 1.08 bits per heavy atom. The monoisotopic (exact) mass is 540 g/mol. The molecular weight excluding hydrogens is 523 g/mol. The van der Waals surface area contributed by atoms with Crippen LogP contribution < -0.4 is 5.32 Å². The molecule has 0 aliphatic carbocycles. The second-order valence-corrected chi connectivity index (χ2v) is 10.1. The van der Waals surface area contributed by atoms with Gasteiger partial charge in [0.05, 0.1) is 22.8 Å². The van der Waals surface area contributed by atoms with Crippen molar-refractivity contribution in [2.75, 3.05) is 11.9 Å². The van der Waals surface area contributed by atoms with Crippen molar-refractivity contribution >= 4 is 68.3 Å². The molecule has 0 bridgehead atoms. The highest BCUT2D eigenvalue weighted by atomic mass is 35.5. The standard InChI is InChI=1S/C26H18Cl2N2O5S/c27-16-8-6-15(7-9-16)20-13-30(26(34)35-20)12-14-5-10-17(25(32)33)19(11-14)29-24(31)23-22(28)18-3-1-2-4-21(18)36-23/h1-11,20H,12-13H2,(H,29,31)(H,32,33). The third-order valence-electron chi connectivity index (χ3n) is 5.81. The average molecular weight is 541 g/mol. The van der Waals surface area contributed by atoms with Crippen LogP contribution in [0.5, 0.6) is 0 Å². The molecule has 0 radical (unpaired) electrons. The fourth-order valence-electron chi connectivity index (χ4n) is 4.03. The number of carbonyl (C=O) groups is 3. The number of anilines is 1. The van der Waals surface area contributed by atoms with E-state index in [1.807, 2.05) is 24.3 Å². The van der Waals surface area contributed by atoms with Gasteiger partial charge in [-0.3, -0.25) is 9.69 Å². The molecule has 4 aromatic rings. The van der Waals surface area contributed by atoms with Gasteiger partial charge in [0.2, 0.25) is 0 Å². The first-order valence-corrected chi connectivity index (χ1v) is 12.4. The van der Waals surface area contributed by atoms with Gasteiger partial charge in [-0.1, -0.05) is 59.6 Å². The molecule has 2 N–H and O–H groups in total. The second-order valence-electron chi connectivity index (χ2n) is 8.19. The quantitative estimate of drug-likeness (QED) is 0.278. The van der Waals surface area contributed by atoms with Gasteiger partial charge in [-0.15, -0.1) is 11.3 Å². The van der Waals surface area contributed by atoms with Gasteiger partial charge in [-0.2, -0.15) is 0 Å². The Morgan fingerprint density at radius 3 is 2.56 bits per heavy atom. The molecule has 36 heavy (non-hydrogen) atoms. The Balaban J connectivity index is 1.37. The highest BCUT2D eigenvalue weighted by molar-refractivity contribution is 7.21. The van der Waals surface area contributed by atoms with Crippen LogP contribution in [0.25, 0.3) is 10.1 Å². The van der Waals surface area contributed by atoms with E-state index in [1.54, 1.807) is 36.4 Å². The lowest BCUT2D eigenvalue weighted by Crippen LogP contribution is -2.24. The Hall–Kier alpha value is -3.59. The maximum Gasteiger partial charge on any atom is 0.410 e. The summed E-state index contributed by atoms with van der Waals surface area (Å²) in [4.78, 5) is 39.1. The van der Waals surface area contributed by atoms with Crippen LogP contribution >= 0.6 is 34.5 Å². The molecule has 1 fully saturated rings. The number of hydrogen-bond donors (Lipinski definition) is 2. The summed E-state index contributed by atoms with van der Waals surface area (Å²) in [5, 5.41) is 14.0. The van der Waals surface area contributed by atoms with Crippen LogP contribution in [-0.2, 0) is 11.3 Å². The molecule has 1 saturated heterocycles. The molecule has 0 saturated carbocycles. The number of aromatic carboxylic acids is 1. The fourth-order valence-corrected chi connectivity index (χ4v) is 5.57. The lowest BCUT2D eigenvalue weighted by molar-refractivity contribution is 0.0698. The smallest absolute Gasteiger partial charge is 0.410 e. The van der Waals surface area contributed by atoms with Crippen molar-refractivity contribution < 1.29 is 24.2 Å². The summed E-state index contributed by atoms with van der Waals surface area (Å²) in [7, 11) is 0. The molecule has 2 heterocycles. The number of rotatable bonds is 6. The van der Waals surface area contributed by atoms with Gasteiger partial charge >= 0.3 is 12.1 Å². The first-order valence-electron chi connectivity index (χ1n) is 10.9. The van der Waals surface area contributed by atoms with E-state index in [1.165, 1.54) is 22.3 Å². The third-order valence-corrected chi connectivity index (χ3v) is 7.73. The number of carboxylic acids is 1. The number of nitrogens with one attached hydrogen (secondary N) is 1. The number of benzene rings is 3. The van der Waals surface area contributed by atoms with E-state index >= 15 is 0 Å². The van der Waals surface area contributed by atoms with Crippen molar-refractivity contribution in [3.05, 3.63) is 98.3 Å². The van der Waals surface area contributed by atoms with Crippen LogP contribution in [0.3, 0.4) is 0 Å². The SMILES string of the molecule is O=C(O)c1ccc(CN2CC(c3ccc(Cl)cc3)OC2=O)cc1NC(=O)c1sc2ccccc2c1Cl. The van der Waals surface area contributed by atoms with Gasteiger partial charge < -0.3 is 15.2 Å². The van der Waals surface area contributed by atoms with Crippen LogP contribution in [0.4, 0.5) is 10.5 Å². The number of cyclic esters (lactones) is 1. The zero-order chi connectivity index (χ0) is 25.4. The third kappa shape index (κ3) is 4.75. The molecule has 1 aromatic heterocycles. The number of nitrogens with zero attached hydrogens (tertiary/aromatic N) is 1. The number of carboxylic acid groups (broad SMARTS) is 1. The number of carbonyl (C=O) groups excluding carboxylic acids is 2. The highest BCUT2D eigenvalue weighted by Crippen LogP contribution is 2.36. The van der Waals surface area contributed by atoms with Crippen LogP contribution in [0, 0.1) is 0 Å². The molecule has 1 unspecified atom stereocenters. The topological polar surface area (TPSA) is 95.9 Å². The van der Waals surface area contributed by atoms with Crippen molar-refractivity contribution in [2.24, 2.45) is 0 Å². The molecule has 1 aliphatic rings. The summed E-state index contributed by atoms with van der Waals surface area (Å²) in [5.74, 6) is -1.70. The number of hydrogen-bond acceptors (Lipinski definition) is 5. The average Bonchev–Trinajstić information content (AvgIpc) is 3.39. The maximum absolute atomic E-state index is 13.0. The largest absolute Gasteiger partial charge is 0.478 e. The fraction of sp³-hybridized carbons (Fsp3) is 0.115. The Kier molecular flexibility index (Phi) is 6.57. The van der Waals surface area contributed by atoms with Gasteiger partial charge in [-0.05, 0) is 41.5 Å². The summed E-state index contributed by atoms with van der Waals surface area (Å²) < 4.78 is 6.35. The highest BCUT2D eigenvalue weighted by Gasteiger charge is 2.32. The molecule has 2 amide bonds. The van der Waals surface area contributed by atoms with E-state index in [2.05, 4.69) is 5.32 Å². The zero-order valence-electron chi connectivity index (χ0n) is 18.5. The van der Waals surface area contributed by atoms with E-state index in [0.717, 1.165) is 15.6 Å². The molecule has 5 rings (SSSR count). The summed E-state index contributed by atoms with van der Waals surface area (Å²) in [6.45, 7) is 0.496. The van der Waals surface area contributed by atoms with Crippen LogP contribution in [-0.4, -0.2) is 34.5 Å². The minimum absolute atomic E-state index is 0.0765. The molecule has 1 aliphatic heterocycles. The van der Waals surface area contributed by atoms with Gasteiger partial charge in [0.15, 0.2) is 0 Å². The minimum Gasteiger partial charge on any atom is -0.478 e. The first kappa shape index (κ1) is 24.1. The molecule has 3 aromatic carbocycles. The Labute approximate surface area is 219 Å². The lowest BCUT2D eigenvalue weighted by atomic mass is 10.1. The summed E-state index contributed by atoms with van der Waals surface area (Å²) in [6, 6.07) is 19.0. The van der Waals surface area contributed by atoms with Gasteiger partial charge in [0.1, 0.15) is 11.0 Å². The first-order chi connectivity index (χ1) is 17.3. The Bertz CT molecular complexity index is 1500. The zero-order valence-corrected chi connectivity index (χ0v) is 20.9. The van der Waals surface area contributed by atoms with Crippen molar-refractivity contribution in [1.29, 1.82) is 0 Å². The Morgan fingerprint density at radius 2 is 1.83 bits per heavy atom. The predicted molar refractivity (Wildman–Crippen MR) is 139 cm³/mol. The van der Waals surface area contributed by atoms with Crippen molar-refractivity contribution in [3.63, 3.8) is 0 Å². The molecule has 7 nitrogen and oxygen atoms in total. The number of amides is 2. The van der Waals surface area contributed by atoms with Gasteiger partial charge in [0, 0.05) is 21.7 Å². The molecule has 0 spiro atoms. The normalized spacial score (nSPS) is 15.2. The second kappa shape index (κ2) is 9.81. The van der Waals surface area contributed by atoms with Crippen LogP contribution in [0.1, 0.15) is 37.3 Å².